The van der Waals surface area contributed by atoms with E-state index in [1.807, 2.05) is 39.0 Å². The van der Waals surface area contributed by atoms with Crippen molar-refractivity contribution in [1.29, 1.82) is 0 Å². The second-order valence-electron chi connectivity index (χ2n) is 6.03. The van der Waals surface area contributed by atoms with Gasteiger partial charge in [0, 0.05) is 5.56 Å². The smallest absolute Gasteiger partial charge is 0.173 e. The third kappa shape index (κ3) is 4.05. The van der Waals surface area contributed by atoms with Crippen LogP contribution in [0.15, 0.2) is 34.7 Å². The van der Waals surface area contributed by atoms with E-state index in [-0.39, 0.29) is 5.78 Å². The number of aryl methyl sites for hydroxylation is 3. The van der Waals surface area contributed by atoms with Gasteiger partial charge in [-0.2, -0.15) is 0 Å². The van der Waals surface area contributed by atoms with Crippen molar-refractivity contribution in [3.8, 4) is 5.75 Å². The van der Waals surface area contributed by atoms with Crippen molar-refractivity contribution in [2.24, 2.45) is 0 Å². The Labute approximate surface area is 156 Å². The van der Waals surface area contributed by atoms with Crippen LogP contribution in [0, 0.1) is 20.8 Å². The molecule has 130 valence electrons. The number of rotatable bonds is 6. The standard InChI is InChI=1S/C20H21NO2S2/c1-5-23-15-6-7-16-18(10-15)25-20(21-16)24-11-17(22)19-13(3)8-12(2)9-14(19)4/h6-10H,5,11H2,1-4H3. The summed E-state index contributed by atoms with van der Waals surface area (Å²) in [5.41, 5.74) is 5.09. The number of nitrogens with zero attached hydrogens (tertiary/aromatic N) is 1. The van der Waals surface area contributed by atoms with Crippen molar-refractivity contribution in [1.82, 2.24) is 4.98 Å². The number of benzene rings is 2. The number of ether oxygens (including phenoxy) is 1. The van der Waals surface area contributed by atoms with Gasteiger partial charge in [-0.25, -0.2) is 4.98 Å². The van der Waals surface area contributed by atoms with Crippen LogP contribution in [-0.2, 0) is 0 Å². The molecule has 3 rings (SSSR count). The van der Waals surface area contributed by atoms with E-state index < -0.39 is 0 Å². The third-order valence-corrected chi connectivity index (χ3v) is 6.10. The van der Waals surface area contributed by atoms with Crippen LogP contribution >= 0.6 is 23.1 Å². The van der Waals surface area contributed by atoms with Gasteiger partial charge in [0.25, 0.3) is 0 Å². The summed E-state index contributed by atoms with van der Waals surface area (Å²) in [7, 11) is 0. The fraction of sp³-hybridized carbons (Fsp3) is 0.300. The van der Waals surface area contributed by atoms with Crippen LogP contribution in [0.3, 0.4) is 0 Å². The lowest BCUT2D eigenvalue weighted by Gasteiger charge is -2.09. The highest BCUT2D eigenvalue weighted by Gasteiger charge is 2.15. The molecule has 1 aromatic heterocycles. The zero-order chi connectivity index (χ0) is 18.0. The third-order valence-electron chi connectivity index (χ3n) is 3.93. The Balaban J connectivity index is 1.75. The Morgan fingerprint density at radius 1 is 1.16 bits per heavy atom. The topological polar surface area (TPSA) is 39.2 Å². The van der Waals surface area contributed by atoms with E-state index in [0.717, 1.165) is 37.0 Å². The Hall–Kier alpha value is -1.85. The minimum atomic E-state index is 0.161. The van der Waals surface area contributed by atoms with E-state index in [1.165, 1.54) is 17.3 Å². The van der Waals surface area contributed by atoms with E-state index in [4.69, 9.17) is 4.74 Å². The van der Waals surface area contributed by atoms with Gasteiger partial charge in [-0.3, -0.25) is 4.79 Å². The molecule has 0 spiro atoms. The Bertz CT molecular complexity index is 908. The Morgan fingerprint density at radius 3 is 2.56 bits per heavy atom. The molecule has 0 fully saturated rings. The molecule has 0 unspecified atom stereocenters. The summed E-state index contributed by atoms with van der Waals surface area (Å²) in [6.45, 7) is 8.69. The molecule has 1 heterocycles. The summed E-state index contributed by atoms with van der Waals surface area (Å²) < 4.78 is 7.54. The molecule has 0 amide bonds. The molecule has 0 aliphatic carbocycles. The number of ketones is 1. The number of hydrogen-bond acceptors (Lipinski definition) is 5. The lowest BCUT2D eigenvalue weighted by molar-refractivity contribution is 0.102. The van der Waals surface area contributed by atoms with Crippen LogP contribution in [0.2, 0.25) is 0 Å². The Kier molecular flexibility index (Phi) is 5.45. The maximum atomic E-state index is 12.7. The van der Waals surface area contributed by atoms with E-state index in [0.29, 0.717) is 12.4 Å². The van der Waals surface area contributed by atoms with Crippen LogP contribution in [-0.4, -0.2) is 23.1 Å². The van der Waals surface area contributed by atoms with Gasteiger partial charge in [-0.15, -0.1) is 11.3 Å². The first kappa shape index (κ1) is 18.0. The van der Waals surface area contributed by atoms with Gasteiger partial charge in [0.05, 0.1) is 22.6 Å². The van der Waals surface area contributed by atoms with Gasteiger partial charge in [-0.05, 0) is 57.0 Å². The van der Waals surface area contributed by atoms with E-state index in [9.17, 15) is 4.79 Å². The molecule has 0 atom stereocenters. The summed E-state index contributed by atoms with van der Waals surface area (Å²) in [5.74, 6) is 1.43. The van der Waals surface area contributed by atoms with Gasteiger partial charge in [-0.1, -0.05) is 29.5 Å². The van der Waals surface area contributed by atoms with E-state index in [1.54, 1.807) is 11.3 Å². The fourth-order valence-electron chi connectivity index (χ4n) is 3.02. The molecule has 25 heavy (non-hydrogen) atoms. The number of Topliss-reactive ketones (excluding diaryl/α,β-unsaturated/α-hetero) is 1. The van der Waals surface area contributed by atoms with Crippen LogP contribution in [0.25, 0.3) is 10.2 Å². The average molecular weight is 372 g/mol. The first-order valence-electron chi connectivity index (χ1n) is 8.25. The molecular weight excluding hydrogens is 350 g/mol. The summed E-state index contributed by atoms with van der Waals surface area (Å²) in [6, 6.07) is 10.0. The molecule has 0 saturated carbocycles. The maximum Gasteiger partial charge on any atom is 0.173 e. The largest absolute Gasteiger partial charge is 0.494 e. The van der Waals surface area contributed by atoms with Crippen LogP contribution in [0.4, 0.5) is 0 Å². The summed E-state index contributed by atoms with van der Waals surface area (Å²) >= 11 is 3.11. The van der Waals surface area contributed by atoms with Gasteiger partial charge in [0.1, 0.15) is 5.75 Å². The summed E-state index contributed by atoms with van der Waals surface area (Å²) in [5, 5.41) is 0. The minimum absolute atomic E-state index is 0.161. The lowest BCUT2D eigenvalue weighted by Crippen LogP contribution is -2.07. The normalized spacial score (nSPS) is 11.0. The van der Waals surface area contributed by atoms with Crippen molar-refractivity contribution in [3.63, 3.8) is 0 Å². The Morgan fingerprint density at radius 2 is 1.88 bits per heavy atom. The van der Waals surface area contributed by atoms with Crippen LogP contribution in [0.5, 0.6) is 5.75 Å². The second kappa shape index (κ2) is 7.58. The maximum absolute atomic E-state index is 12.7. The monoisotopic (exact) mass is 371 g/mol. The molecular formula is C20H21NO2S2. The number of thiazole rings is 1. The zero-order valence-electron chi connectivity index (χ0n) is 14.9. The number of thioether (sulfide) groups is 1. The molecule has 2 aromatic carbocycles. The lowest BCUT2D eigenvalue weighted by atomic mass is 9.97. The molecule has 0 aliphatic heterocycles. The van der Waals surface area contributed by atoms with Crippen molar-refractivity contribution < 1.29 is 9.53 Å². The van der Waals surface area contributed by atoms with Crippen LogP contribution in [0.1, 0.15) is 34.0 Å². The highest BCUT2D eigenvalue weighted by Crippen LogP contribution is 2.32. The zero-order valence-corrected chi connectivity index (χ0v) is 16.5. The van der Waals surface area contributed by atoms with E-state index >= 15 is 0 Å². The first-order chi connectivity index (χ1) is 12.0. The van der Waals surface area contributed by atoms with Crippen molar-refractivity contribution >= 4 is 39.1 Å². The number of carbonyl (C=O) groups excluding carboxylic acids is 1. The number of carbonyl (C=O) groups is 1. The fourth-order valence-corrected chi connectivity index (χ4v) is 4.99. The van der Waals surface area contributed by atoms with Crippen molar-refractivity contribution in [2.75, 3.05) is 12.4 Å². The predicted molar refractivity (Wildman–Crippen MR) is 106 cm³/mol. The second-order valence-corrected chi connectivity index (χ2v) is 8.28. The molecule has 0 bridgehead atoms. The summed E-state index contributed by atoms with van der Waals surface area (Å²) in [4.78, 5) is 17.3. The van der Waals surface area contributed by atoms with Gasteiger partial charge >= 0.3 is 0 Å². The molecule has 0 aliphatic rings. The van der Waals surface area contributed by atoms with Gasteiger partial charge < -0.3 is 4.74 Å². The average Bonchev–Trinajstić information content (AvgIpc) is 2.94. The highest BCUT2D eigenvalue weighted by molar-refractivity contribution is 8.01. The van der Waals surface area contributed by atoms with Gasteiger partial charge in [0.15, 0.2) is 10.1 Å². The molecule has 0 radical (unpaired) electrons. The van der Waals surface area contributed by atoms with Crippen molar-refractivity contribution in [2.45, 2.75) is 32.0 Å². The molecule has 3 nitrogen and oxygen atoms in total. The van der Waals surface area contributed by atoms with Crippen LogP contribution < -0.4 is 4.74 Å². The number of aromatic nitrogens is 1. The predicted octanol–water partition coefficient (Wildman–Crippen LogP) is 5.60. The summed E-state index contributed by atoms with van der Waals surface area (Å²) in [6.07, 6.45) is 0. The molecule has 0 N–H and O–H groups in total. The first-order valence-corrected chi connectivity index (χ1v) is 10.1. The molecule has 0 saturated heterocycles. The quantitative estimate of drug-likeness (QED) is 0.418. The molecule has 5 heteroatoms. The number of fused-ring (bicyclic) bond motifs is 1. The number of hydrogen-bond donors (Lipinski definition) is 0. The van der Waals surface area contributed by atoms with Crippen molar-refractivity contribution in [3.05, 3.63) is 52.6 Å². The van der Waals surface area contributed by atoms with Gasteiger partial charge in [0.2, 0.25) is 0 Å². The highest BCUT2D eigenvalue weighted by atomic mass is 32.2. The van der Waals surface area contributed by atoms with E-state index in [2.05, 4.69) is 24.0 Å². The molecule has 3 aromatic rings. The minimum Gasteiger partial charge on any atom is -0.494 e. The SMILES string of the molecule is CCOc1ccc2nc(SCC(=O)c3c(C)cc(C)cc3C)sc2c1.